The van der Waals surface area contributed by atoms with Crippen LogP contribution in [-0.2, 0) is 0 Å². The fraction of sp³-hybridized carbons (Fsp3) is 0.250. The van der Waals surface area contributed by atoms with Gasteiger partial charge in [-0.15, -0.1) is 0 Å². The quantitative estimate of drug-likeness (QED) is 0.559. The number of nitrogens with zero attached hydrogens (tertiary/aromatic N) is 1. The summed E-state index contributed by atoms with van der Waals surface area (Å²) in [6.45, 7) is 2.39. The average Bonchev–Trinajstić information content (AvgIpc) is 2.71. The first-order chi connectivity index (χ1) is 4.86. The highest BCUT2D eigenvalue weighted by molar-refractivity contribution is 6.30. The van der Waals surface area contributed by atoms with Crippen LogP contribution in [0, 0.1) is 0 Å². The molecule has 2 heteroatoms. The van der Waals surface area contributed by atoms with Crippen molar-refractivity contribution in [2.75, 3.05) is 18.0 Å². The van der Waals surface area contributed by atoms with Crippen LogP contribution in [0.25, 0.3) is 0 Å². The molecular formula is C8H8ClN. The SMILES string of the molecule is Clc1ccc(N2CC2)cc1. The Kier molecular flexibility index (Phi) is 1.31. The van der Waals surface area contributed by atoms with Crippen molar-refractivity contribution in [1.82, 2.24) is 0 Å². The first-order valence-electron chi connectivity index (χ1n) is 3.37. The van der Waals surface area contributed by atoms with E-state index in [0.717, 1.165) is 5.02 Å². The second-order valence-corrected chi connectivity index (χ2v) is 2.90. The number of benzene rings is 1. The molecule has 0 aromatic heterocycles. The lowest BCUT2D eigenvalue weighted by Gasteiger charge is -1.99. The summed E-state index contributed by atoms with van der Waals surface area (Å²) >= 11 is 5.72. The number of hydrogen-bond donors (Lipinski definition) is 0. The van der Waals surface area contributed by atoms with Crippen molar-refractivity contribution >= 4 is 17.3 Å². The number of halogens is 1. The van der Waals surface area contributed by atoms with Crippen molar-refractivity contribution in [2.45, 2.75) is 0 Å². The third-order valence-corrected chi connectivity index (χ3v) is 1.89. The van der Waals surface area contributed by atoms with E-state index >= 15 is 0 Å². The van der Waals surface area contributed by atoms with Gasteiger partial charge in [-0.1, -0.05) is 11.6 Å². The third-order valence-electron chi connectivity index (χ3n) is 1.64. The summed E-state index contributed by atoms with van der Waals surface area (Å²) < 4.78 is 0. The number of anilines is 1. The Morgan fingerprint density at radius 1 is 1.10 bits per heavy atom. The Balaban J connectivity index is 2.28. The Morgan fingerprint density at radius 3 is 2.20 bits per heavy atom. The summed E-state index contributed by atoms with van der Waals surface area (Å²) in [6.07, 6.45) is 0. The number of rotatable bonds is 1. The summed E-state index contributed by atoms with van der Waals surface area (Å²) in [7, 11) is 0. The molecule has 0 radical (unpaired) electrons. The van der Waals surface area contributed by atoms with Gasteiger partial charge < -0.3 is 4.90 Å². The lowest BCUT2D eigenvalue weighted by Crippen LogP contribution is -1.88. The van der Waals surface area contributed by atoms with Crippen molar-refractivity contribution in [3.8, 4) is 0 Å². The fourth-order valence-electron chi connectivity index (χ4n) is 0.960. The van der Waals surface area contributed by atoms with Crippen LogP contribution in [0.2, 0.25) is 5.02 Å². The van der Waals surface area contributed by atoms with Crippen LogP contribution >= 0.6 is 11.6 Å². The van der Waals surface area contributed by atoms with E-state index in [0.29, 0.717) is 0 Å². The molecule has 1 nitrogen and oxygen atoms in total. The largest absolute Gasteiger partial charge is 0.368 e. The zero-order chi connectivity index (χ0) is 6.97. The standard InChI is InChI=1S/C8H8ClN/c9-7-1-3-8(4-2-7)10-5-6-10/h1-4H,5-6H2. The second-order valence-electron chi connectivity index (χ2n) is 2.46. The highest BCUT2D eigenvalue weighted by atomic mass is 35.5. The van der Waals surface area contributed by atoms with E-state index in [-0.39, 0.29) is 0 Å². The van der Waals surface area contributed by atoms with Crippen LogP contribution in [0.5, 0.6) is 0 Å². The Hall–Kier alpha value is -0.690. The molecule has 52 valence electrons. The summed E-state index contributed by atoms with van der Waals surface area (Å²) in [4.78, 5) is 2.29. The van der Waals surface area contributed by atoms with Gasteiger partial charge in [-0.25, -0.2) is 0 Å². The molecule has 10 heavy (non-hydrogen) atoms. The van der Waals surface area contributed by atoms with Crippen molar-refractivity contribution in [2.24, 2.45) is 0 Å². The minimum absolute atomic E-state index is 0.811. The maximum Gasteiger partial charge on any atom is 0.0407 e. The molecule has 0 aliphatic carbocycles. The minimum atomic E-state index is 0.811. The smallest absolute Gasteiger partial charge is 0.0407 e. The Labute approximate surface area is 65.2 Å². The second kappa shape index (κ2) is 2.17. The van der Waals surface area contributed by atoms with E-state index in [9.17, 15) is 0 Å². The molecule has 1 fully saturated rings. The normalized spacial score (nSPS) is 15.5. The average molecular weight is 154 g/mol. The van der Waals surface area contributed by atoms with Crippen LogP contribution in [0.15, 0.2) is 24.3 Å². The minimum Gasteiger partial charge on any atom is -0.368 e. The van der Waals surface area contributed by atoms with Gasteiger partial charge in [0.15, 0.2) is 0 Å². The maximum absolute atomic E-state index is 5.72. The zero-order valence-corrected chi connectivity index (χ0v) is 6.30. The van der Waals surface area contributed by atoms with Gasteiger partial charge in [0.1, 0.15) is 0 Å². The van der Waals surface area contributed by atoms with Gasteiger partial charge in [-0.2, -0.15) is 0 Å². The lowest BCUT2D eigenvalue weighted by molar-refractivity contribution is 1.40. The fourth-order valence-corrected chi connectivity index (χ4v) is 1.09. The first kappa shape index (κ1) is 6.05. The zero-order valence-electron chi connectivity index (χ0n) is 5.55. The Bertz CT molecular complexity index is 226. The molecule has 0 unspecified atom stereocenters. The van der Waals surface area contributed by atoms with Crippen LogP contribution in [0.1, 0.15) is 0 Å². The molecule has 0 saturated carbocycles. The molecule has 1 aromatic carbocycles. The Morgan fingerprint density at radius 2 is 1.70 bits per heavy atom. The van der Waals surface area contributed by atoms with E-state index in [4.69, 9.17) is 11.6 Å². The molecule has 0 atom stereocenters. The van der Waals surface area contributed by atoms with E-state index in [1.54, 1.807) is 0 Å². The van der Waals surface area contributed by atoms with Gasteiger partial charge >= 0.3 is 0 Å². The van der Waals surface area contributed by atoms with Crippen LogP contribution in [0.3, 0.4) is 0 Å². The lowest BCUT2D eigenvalue weighted by atomic mass is 10.3. The molecule has 1 saturated heterocycles. The van der Waals surface area contributed by atoms with Crippen LogP contribution in [-0.4, -0.2) is 13.1 Å². The molecule has 1 heterocycles. The molecule has 0 amide bonds. The molecule has 1 aromatic rings. The first-order valence-corrected chi connectivity index (χ1v) is 3.74. The molecule has 0 N–H and O–H groups in total. The van der Waals surface area contributed by atoms with Gasteiger partial charge in [-0.3, -0.25) is 0 Å². The molecule has 1 aliphatic heterocycles. The predicted molar refractivity (Wildman–Crippen MR) is 43.7 cm³/mol. The third kappa shape index (κ3) is 1.09. The summed E-state index contributed by atoms with van der Waals surface area (Å²) in [5.41, 5.74) is 1.28. The summed E-state index contributed by atoms with van der Waals surface area (Å²) in [5, 5.41) is 0.811. The summed E-state index contributed by atoms with van der Waals surface area (Å²) in [5.74, 6) is 0. The van der Waals surface area contributed by atoms with Gasteiger partial charge in [-0.05, 0) is 24.3 Å². The van der Waals surface area contributed by atoms with E-state index in [1.807, 2.05) is 12.1 Å². The van der Waals surface area contributed by atoms with E-state index < -0.39 is 0 Å². The summed E-state index contributed by atoms with van der Waals surface area (Å²) in [6, 6.07) is 7.95. The molecular weight excluding hydrogens is 146 g/mol. The van der Waals surface area contributed by atoms with Crippen molar-refractivity contribution in [3.63, 3.8) is 0 Å². The highest BCUT2D eigenvalue weighted by Gasteiger charge is 2.16. The molecule has 0 spiro atoms. The van der Waals surface area contributed by atoms with E-state index in [2.05, 4.69) is 17.0 Å². The monoisotopic (exact) mass is 153 g/mol. The number of hydrogen-bond acceptors (Lipinski definition) is 1. The molecule has 1 aliphatic rings. The highest BCUT2D eigenvalue weighted by Crippen LogP contribution is 2.22. The van der Waals surface area contributed by atoms with Crippen LogP contribution in [0.4, 0.5) is 5.69 Å². The van der Waals surface area contributed by atoms with Crippen LogP contribution < -0.4 is 4.90 Å². The van der Waals surface area contributed by atoms with Gasteiger partial charge in [0, 0.05) is 23.8 Å². The van der Waals surface area contributed by atoms with E-state index in [1.165, 1.54) is 18.8 Å². The van der Waals surface area contributed by atoms with Gasteiger partial charge in [0.05, 0.1) is 0 Å². The van der Waals surface area contributed by atoms with Crippen molar-refractivity contribution < 1.29 is 0 Å². The van der Waals surface area contributed by atoms with Crippen molar-refractivity contribution in [1.29, 1.82) is 0 Å². The van der Waals surface area contributed by atoms with Gasteiger partial charge in [0.2, 0.25) is 0 Å². The van der Waals surface area contributed by atoms with Crippen molar-refractivity contribution in [3.05, 3.63) is 29.3 Å². The predicted octanol–water partition coefficient (Wildman–Crippen LogP) is 2.16. The maximum atomic E-state index is 5.72. The molecule has 0 bridgehead atoms. The van der Waals surface area contributed by atoms with Gasteiger partial charge in [0.25, 0.3) is 0 Å². The molecule has 2 rings (SSSR count). The topological polar surface area (TPSA) is 3.01 Å².